The Morgan fingerprint density at radius 2 is 1.79 bits per heavy atom. The number of aryl methyl sites for hydroxylation is 2. The van der Waals surface area contributed by atoms with Crippen LogP contribution in [0, 0.1) is 13.8 Å². The molecule has 4 heteroatoms. The van der Waals surface area contributed by atoms with Gasteiger partial charge in [0, 0.05) is 23.6 Å². The smallest absolute Gasteiger partial charge is 0.160 e. The molecule has 0 fully saturated rings. The molecule has 24 heavy (non-hydrogen) atoms. The lowest BCUT2D eigenvalue weighted by Gasteiger charge is -2.09. The fourth-order valence-electron chi connectivity index (χ4n) is 2.88. The van der Waals surface area contributed by atoms with E-state index in [2.05, 4.69) is 58.0 Å². The summed E-state index contributed by atoms with van der Waals surface area (Å²) in [5.41, 5.74) is 6.04. The summed E-state index contributed by atoms with van der Waals surface area (Å²) in [4.78, 5) is 9.20. The number of benzene rings is 2. The van der Waals surface area contributed by atoms with E-state index in [1.165, 1.54) is 5.56 Å². The fourth-order valence-corrected chi connectivity index (χ4v) is 2.88. The van der Waals surface area contributed by atoms with Crippen LogP contribution in [0.3, 0.4) is 0 Å². The van der Waals surface area contributed by atoms with Crippen LogP contribution in [-0.4, -0.2) is 14.4 Å². The van der Waals surface area contributed by atoms with E-state index in [9.17, 15) is 0 Å². The van der Waals surface area contributed by atoms with E-state index < -0.39 is 0 Å². The van der Waals surface area contributed by atoms with Crippen molar-refractivity contribution in [1.29, 1.82) is 0 Å². The zero-order valence-electron chi connectivity index (χ0n) is 13.7. The highest BCUT2D eigenvalue weighted by Crippen LogP contribution is 2.31. The molecular formula is C20H18N4. The van der Waals surface area contributed by atoms with Crippen molar-refractivity contribution in [2.75, 3.05) is 5.32 Å². The van der Waals surface area contributed by atoms with Gasteiger partial charge in [-0.25, -0.2) is 4.98 Å². The number of fused-ring (bicyclic) bond motifs is 1. The van der Waals surface area contributed by atoms with Crippen molar-refractivity contribution in [1.82, 2.24) is 14.4 Å². The number of hydrogen-bond donors (Lipinski definition) is 1. The first-order chi connectivity index (χ1) is 11.7. The third-order valence-corrected chi connectivity index (χ3v) is 4.05. The zero-order chi connectivity index (χ0) is 16.5. The molecule has 1 N–H and O–H groups in total. The van der Waals surface area contributed by atoms with Gasteiger partial charge in [0.25, 0.3) is 0 Å². The Hall–Kier alpha value is -3.14. The van der Waals surface area contributed by atoms with Gasteiger partial charge in [-0.05, 0) is 31.5 Å². The molecule has 0 aliphatic rings. The second kappa shape index (κ2) is 5.81. The highest BCUT2D eigenvalue weighted by atomic mass is 15.1. The minimum absolute atomic E-state index is 0.867. The molecule has 2 aromatic carbocycles. The molecule has 0 spiro atoms. The quantitative estimate of drug-likeness (QED) is 0.593. The van der Waals surface area contributed by atoms with Gasteiger partial charge in [-0.1, -0.05) is 42.5 Å². The van der Waals surface area contributed by atoms with Gasteiger partial charge < -0.3 is 5.32 Å². The van der Waals surface area contributed by atoms with Gasteiger partial charge in [0.05, 0.1) is 5.69 Å². The third-order valence-electron chi connectivity index (χ3n) is 4.05. The van der Waals surface area contributed by atoms with Gasteiger partial charge in [0.2, 0.25) is 0 Å². The number of aromatic nitrogens is 3. The van der Waals surface area contributed by atoms with Gasteiger partial charge in [-0.2, -0.15) is 0 Å². The van der Waals surface area contributed by atoms with Gasteiger partial charge in [-0.3, -0.25) is 9.38 Å². The van der Waals surface area contributed by atoms with Gasteiger partial charge in [0.15, 0.2) is 5.65 Å². The van der Waals surface area contributed by atoms with Crippen LogP contribution in [0.25, 0.3) is 16.9 Å². The number of imidazole rings is 1. The van der Waals surface area contributed by atoms with Crippen molar-refractivity contribution >= 4 is 17.2 Å². The molecule has 0 saturated carbocycles. The topological polar surface area (TPSA) is 42.2 Å². The predicted molar refractivity (Wildman–Crippen MR) is 97.6 cm³/mol. The molecule has 4 nitrogen and oxygen atoms in total. The maximum Gasteiger partial charge on any atom is 0.160 e. The molecule has 0 bridgehead atoms. The van der Waals surface area contributed by atoms with E-state index >= 15 is 0 Å². The lowest BCUT2D eigenvalue weighted by molar-refractivity contribution is 1.08. The van der Waals surface area contributed by atoms with Crippen molar-refractivity contribution in [3.8, 4) is 11.3 Å². The molecule has 0 aliphatic heterocycles. The fraction of sp³-hybridized carbons (Fsp3) is 0.100. The lowest BCUT2D eigenvalue weighted by atomic mass is 10.1. The first-order valence-electron chi connectivity index (χ1n) is 7.95. The van der Waals surface area contributed by atoms with Crippen LogP contribution in [0.5, 0.6) is 0 Å². The molecule has 4 rings (SSSR count). The molecule has 0 radical (unpaired) electrons. The maximum atomic E-state index is 4.84. The third kappa shape index (κ3) is 2.52. The Morgan fingerprint density at radius 1 is 0.958 bits per heavy atom. The first-order valence-corrected chi connectivity index (χ1v) is 7.95. The van der Waals surface area contributed by atoms with Crippen LogP contribution >= 0.6 is 0 Å². The average Bonchev–Trinajstić information content (AvgIpc) is 2.96. The summed E-state index contributed by atoms with van der Waals surface area (Å²) in [6.07, 6.45) is 3.75. The van der Waals surface area contributed by atoms with Crippen LogP contribution in [0.1, 0.15) is 11.3 Å². The van der Waals surface area contributed by atoms with Gasteiger partial charge >= 0.3 is 0 Å². The van der Waals surface area contributed by atoms with Crippen molar-refractivity contribution in [2.24, 2.45) is 0 Å². The van der Waals surface area contributed by atoms with E-state index in [1.807, 2.05) is 31.3 Å². The zero-order valence-corrected chi connectivity index (χ0v) is 13.7. The molecule has 0 atom stereocenters. The number of nitrogens with one attached hydrogen (secondary N) is 1. The largest absolute Gasteiger partial charge is 0.339 e. The number of nitrogens with zero attached hydrogens (tertiary/aromatic N) is 3. The summed E-state index contributed by atoms with van der Waals surface area (Å²) in [5, 5.41) is 3.53. The Balaban J connectivity index is 1.93. The second-order valence-corrected chi connectivity index (χ2v) is 5.88. The van der Waals surface area contributed by atoms with Crippen LogP contribution in [0.2, 0.25) is 0 Å². The number of anilines is 2. The molecule has 0 unspecified atom stereocenters. The van der Waals surface area contributed by atoms with E-state index in [-0.39, 0.29) is 0 Å². The summed E-state index contributed by atoms with van der Waals surface area (Å²) in [7, 11) is 0. The van der Waals surface area contributed by atoms with Gasteiger partial charge in [0.1, 0.15) is 11.5 Å². The Morgan fingerprint density at radius 3 is 2.58 bits per heavy atom. The monoisotopic (exact) mass is 314 g/mol. The minimum Gasteiger partial charge on any atom is -0.339 e. The number of rotatable bonds is 3. The van der Waals surface area contributed by atoms with Gasteiger partial charge in [-0.15, -0.1) is 0 Å². The SMILES string of the molecule is Cc1cccc(Nc2c(-c3ccccc3)nc3c(C)nccn23)c1. The Bertz CT molecular complexity index is 1000. The second-order valence-electron chi connectivity index (χ2n) is 5.88. The Labute approximate surface area is 140 Å². The molecule has 4 aromatic rings. The molecule has 118 valence electrons. The van der Waals surface area contributed by atoms with Crippen molar-refractivity contribution in [2.45, 2.75) is 13.8 Å². The minimum atomic E-state index is 0.867. The van der Waals surface area contributed by atoms with Crippen LogP contribution in [0.15, 0.2) is 67.0 Å². The highest BCUT2D eigenvalue weighted by Gasteiger charge is 2.15. The normalized spacial score (nSPS) is 10.9. The van der Waals surface area contributed by atoms with Crippen LogP contribution in [0.4, 0.5) is 11.5 Å². The van der Waals surface area contributed by atoms with E-state index in [4.69, 9.17) is 4.98 Å². The molecule has 2 heterocycles. The first kappa shape index (κ1) is 14.5. The summed E-state index contributed by atoms with van der Waals surface area (Å²) in [5.74, 6) is 0.951. The summed E-state index contributed by atoms with van der Waals surface area (Å²) >= 11 is 0. The van der Waals surface area contributed by atoms with E-state index in [1.54, 1.807) is 6.20 Å². The van der Waals surface area contributed by atoms with Crippen molar-refractivity contribution in [3.63, 3.8) is 0 Å². The van der Waals surface area contributed by atoms with Crippen molar-refractivity contribution < 1.29 is 0 Å². The lowest BCUT2D eigenvalue weighted by Crippen LogP contribution is -1.98. The highest BCUT2D eigenvalue weighted by molar-refractivity contribution is 5.80. The molecule has 2 aromatic heterocycles. The molecular weight excluding hydrogens is 296 g/mol. The van der Waals surface area contributed by atoms with E-state index in [0.29, 0.717) is 0 Å². The molecule has 0 amide bonds. The molecule has 0 saturated heterocycles. The maximum absolute atomic E-state index is 4.84. The number of hydrogen-bond acceptors (Lipinski definition) is 3. The van der Waals surface area contributed by atoms with E-state index in [0.717, 1.165) is 34.1 Å². The van der Waals surface area contributed by atoms with Crippen LogP contribution < -0.4 is 5.32 Å². The predicted octanol–water partition coefficient (Wildman–Crippen LogP) is 4.76. The summed E-state index contributed by atoms with van der Waals surface area (Å²) < 4.78 is 2.06. The molecule has 0 aliphatic carbocycles. The van der Waals surface area contributed by atoms with Crippen molar-refractivity contribution in [3.05, 3.63) is 78.2 Å². The Kier molecular flexibility index (Phi) is 3.50. The van der Waals surface area contributed by atoms with Crippen LogP contribution in [-0.2, 0) is 0 Å². The summed E-state index contributed by atoms with van der Waals surface area (Å²) in [6, 6.07) is 18.6. The average molecular weight is 314 g/mol. The standard InChI is InChI=1S/C20H18N4/c1-14-7-6-10-17(13-14)22-20-18(16-8-4-3-5-9-16)23-19-15(2)21-11-12-24(19)20/h3-13,22H,1-2H3. The summed E-state index contributed by atoms with van der Waals surface area (Å²) in [6.45, 7) is 4.07.